The average Bonchev–Trinajstić information content (AvgIpc) is 3.33. The molecule has 1 N–H and O–H groups in total. The van der Waals surface area contributed by atoms with Gasteiger partial charge in [0.05, 0.1) is 28.3 Å². The maximum absolute atomic E-state index is 12.9. The lowest BCUT2D eigenvalue weighted by Crippen LogP contribution is -2.50. The van der Waals surface area contributed by atoms with Crippen LogP contribution in [0.4, 0.5) is 5.69 Å². The monoisotopic (exact) mass is 486 g/mol. The minimum absolute atomic E-state index is 0.172. The van der Waals surface area contributed by atoms with Gasteiger partial charge in [-0.2, -0.15) is 4.31 Å². The van der Waals surface area contributed by atoms with Gasteiger partial charge in [0, 0.05) is 31.6 Å². The molecule has 1 aromatic heterocycles. The zero-order chi connectivity index (χ0) is 23.3. The van der Waals surface area contributed by atoms with E-state index in [0.717, 1.165) is 11.3 Å². The van der Waals surface area contributed by atoms with Gasteiger partial charge in [-0.3, -0.25) is 9.69 Å². The first-order valence-corrected chi connectivity index (χ1v) is 13.0. The Bertz CT molecular complexity index is 1170. The number of benzene rings is 2. The standard InChI is InChI=1S/C23H26N4O4S2/c1-18-6-8-20(9-7-18)33(29,30)27-12-10-26(11-13-27)14-23(28)25-21-4-2-3-5-22(21)31-15-19-16-32-17-24-19/h2-9,16-17H,10-15H2,1H3,(H,25,28). The Labute approximate surface area is 197 Å². The summed E-state index contributed by atoms with van der Waals surface area (Å²) in [6.07, 6.45) is 0. The van der Waals surface area contributed by atoms with E-state index < -0.39 is 10.0 Å². The van der Waals surface area contributed by atoms with Crippen LogP contribution < -0.4 is 10.1 Å². The number of carbonyl (C=O) groups excluding carboxylic acids is 1. The van der Waals surface area contributed by atoms with Crippen LogP contribution in [0.25, 0.3) is 0 Å². The van der Waals surface area contributed by atoms with Gasteiger partial charge in [0.2, 0.25) is 15.9 Å². The van der Waals surface area contributed by atoms with Crippen molar-refractivity contribution in [3.05, 3.63) is 70.7 Å². The van der Waals surface area contributed by atoms with Crippen molar-refractivity contribution in [2.24, 2.45) is 0 Å². The largest absolute Gasteiger partial charge is 0.485 e. The second-order valence-electron chi connectivity index (χ2n) is 7.81. The second-order valence-corrected chi connectivity index (χ2v) is 10.5. The number of anilines is 1. The fourth-order valence-electron chi connectivity index (χ4n) is 3.54. The van der Waals surface area contributed by atoms with E-state index in [1.165, 1.54) is 15.6 Å². The van der Waals surface area contributed by atoms with Crippen LogP contribution in [-0.2, 0) is 21.4 Å². The number of para-hydroxylation sites is 2. The second kappa shape index (κ2) is 10.4. The molecule has 0 saturated carbocycles. The Kier molecular flexibility index (Phi) is 7.39. The van der Waals surface area contributed by atoms with Crippen LogP contribution in [-0.4, -0.2) is 61.2 Å². The first-order valence-electron chi connectivity index (χ1n) is 10.6. The van der Waals surface area contributed by atoms with Crippen molar-refractivity contribution in [3.63, 3.8) is 0 Å². The van der Waals surface area contributed by atoms with Crippen LogP contribution in [0.15, 0.2) is 64.3 Å². The van der Waals surface area contributed by atoms with Crippen molar-refractivity contribution in [1.82, 2.24) is 14.2 Å². The summed E-state index contributed by atoms with van der Waals surface area (Å²) in [4.78, 5) is 19.1. The Morgan fingerprint density at radius 1 is 1.09 bits per heavy atom. The van der Waals surface area contributed by atoms with Crippen LogP contribution in [0.1, 0.15) is 11.3 Å². The van der Waals surface area contributed by atoms with Gasteiger partial charge in [0.15, 0.2) is 0 Å². The summed E-state index contributed by atoms with van der Waals surface area (Å²) in [5.74, 6) is 0.405. The molecule has 1 aliphatic rings. The van der Waals surface area contributed by atoms with Crippen molar-refractivity contribution in [2.75, 3.05) is 38.0 Å². The highest BCUT2D eigenvalue weighted by Gasteiger charge is 2.29. The third-order valence-electron chi connectivity index (χ3n) is 5.38. The number of carbonyl (C=O) groups is 1. The topological polar surface area (TPSA) is 91.8 Å². The highest BCUT2D eigenvalue weighted by atomic mass is 32.2. The van der Waals surface area contributed by atoms with Crippen LogP contribution >= 0.6 is 11.3 Å². The highest BCUT2D eigenvalue weighted by molar-refractivity contribution is 7.89. The minimum Gasteiger partial charge on any atom is -0.485 e. The number of thiazole rings is 1. The predicted molar refractivity (Wildman–Crippen MR) is 128 cm³/mol. The lowest BCUT2D eigenvalue weighted by molar-refractivity contribution is -0.117. The molecule has 1 fully saturated rings. The highest BCUT2D eigenvalue weighted by Crippen LogP contribution is 2.25. The molecule has 4 rings (SSSR count). The van der Waals surface area contributed by atoms with Crippen molar-refractivity contribution < 1.29 is 17.9 Å². The molecule has 0 unspecified atom stereocenters. The summed E-state index contributed by atoms with van der Waals surface area (Å²) in [5.41, 5.74) is 4.19. The fraction of sp³-hybridized carbons (Fsp3) is 0.304. The normalized spacial score (nSPS) is 15.3. The molecule has 33 heavy (non-hydrogen) atoms. The van der Waals surface area contributed by atoms with Crippen molar-refractivity contribution in [2.45, 2.75) is 18.4 Å². The Hall–Kier alpha value is -2.79. The summed E-state index contributed by atoms with van der Waals surface area (Å²) < 4.78 is 33.0. The third kappa shape index (κ3) is 5.97. The number of amides is 1. The van der Waals surface area contributed by atoms with E-state index in [0.29, 0.717) is 49.1 Å². The van der Waals surface area contributed by atoms with Crippen LogP contribution in [0.2, 0.25) is 0 Å². The number of aromatic nitrogens is 1. The van der Waals surface area contributed by atoms with Gasteiger partial charge < -0.3 is 10.1 Å². The number of nitrogens with one attached hydrogen (secondary N) is 1. The van der Waals surface area contributed by atoms with E-state index in [4.69, 9.17) is 4.74 Å². The molecule has 174 valence electrons. The molecule has 0 bridgehead atoms. The summed E-state index contributed by atoms with van der Waals surface area (Å²) in [6.45, 7) is 4.09. The molecule has 1 amide bonds. The molecule has 0 spiro atoms. The first kappa shape index (κ1) is 23.4. The quantitative estimate of drug-likeness (QED) is 0.526. The van der Waals surface area contributed by atoms with E-state index >= 15 is 0 Å². The van der Waals surface area contributed by atoms with E-state index in [1.807, 2.05) is 29.3 Å². The van der Waals surface area contributed by atoms with Crippen molar-refractivity contribution >= 4 is 33.0 Å². The average molecular weight is 487 g/mol. The van der Waals surface area contributed by atoms with Gasteiger partial charge >= 0.3 is 0 Å². The number of nitrogens with zero attached hydrogens (tertiary/aromatic N) is 3. The van der Waals surface area contributed by atoms with Crippen LogP contribution in [0, 0.1) is 6.92 Å². The molecule has 10 heteroatoms. The number of sulfonamides is 1. The molecule has 8 nitrogen and oxygen atoms in total. The van der Waals surface area contributed by atoms with Gasteiger partial charge in [0.25, 0.3) is 0 Å². The summed E-state index contributed by atoms with van der Waals surface area (Å²) in [6, 6.07) is 14.1. The first-order chi connectivity index (χ1) is 15.9. The molecule has 3 aromatic rings. The molecular formula is C23H26N4O4S2. The van der Waals surface area contributed by atoms with E-state index in [-0.39, 0.29) is 12.5 Å². The lowest BCUT2D eigenvalue weighted by Gasteiger charge is -2.33. The lowest BCUT2D eigenvalue weighted by atomic mass is 10.2. The van der Waals surface area contributed by atoms with Gasteiger partial charge in [-0.25, -0.2) is 13.4 Å². The number of hydrogen-bond acceptors (Lipinski definition) is 7. The molecule has 2 heterocycles. The van der Waals surface area contributed by atoms with Gasteiger partial charge in [-0.15, -0.1) is 11.3 Å². The Morgan fingerprint density at radius 3 is 2.52 bits per heavy atom. The SMILES string of the molecule is Cc1ccc(S(=O)(=O)N2CCN(CC(=O)Nc3ccccc3OCc3cscn3)CC2)cc1. The van der Waals surface area contributed by atoms with Crippen LogP contribution in [0.5, 0.6) is 5.75 Å². The van der Waals surface area contributed by atoms with Crippen LogP contribution in [0.3, 0.4) is 0 Å². The summed E-state index contributed by atoms with van der Waals surface area (Å²) in [7, 11) is -3.52. The summed E-state index contributed by atoms with van der Waals surface area (Å²) >= 11 is 1.50. The minimum atomic E-state index is -3.52. The maximum Gasteiger partial charge on any atom is 0.243 e. The van der Waals surface area contributed by atoms with E-state index in [9.17, 15) is 13.2 Å². The van der Waals surface area contributed by atoms with Gasteiger partial charge in [-0.05, 0) is 31.2 Å². The number of hydrogen-bond donors (Lipinski definition) is 1. The molecule has 0 radical (unpaired) electrons. The zero-order valence-electron chi connectivity index (χ0n) is 18.3. The molecule has 2 aromatic carbocycles. The van der Waals surface area contributed by atoms with Gasteiger partial charge in [0.1, 0.15) is 12.4 Å². The summed E-state index contributed by atoms with van der Waals surface area (Å²) in [5, 5.41) is 4.82. The Balaban J connectivity index is 1.30. The molecular weight excluding hydrogens is 460 g/mol. The third-order valence-corrected chi connectivity index (χ3v) is 7.93. The fourth-order valence-corrected chi connectivity index (χ4v) is 5.50. The number of ether oxygens (including phenoxy) is 1. The zero-order valence-corrected chi connectivity index (χ0v) is 19.9. The molecule has 0 aliphatic carbocycles. The van der Waals surface area contributed by atoms with Crippen molar-refractivity contribution in [3.8, 4) is 5.75 Å². The van der Waals surface area contributed by atoms with E-state index in [1.54, 1.807) is 41.9 Å². The molecule has 1 saturated heterocycles. The number of piperazine rings is 1. The van der Waals surface area contributed by atoms with Gasteiger partial charge in [-0.1, -0.05) is 29.8 Å². The maximum atomic E-state index is 12.9. The number of aryl methyl sites for hydroxylation is 1. The molecule has 0 atom stereocenters. The molecule has 1 aliphatic heterocycles. The van der Waals surface area contributed by atoms with E-state index in [2.05, 4.69) is 10.3 Å². The number of rotatable bonds is 8. The predicted octanol–water partition coefficient (Wildman–Crippen LogP) is 2.98. The Morgan fingerprint density at radius 2 is 1.82 bits per heavy atom. The van der Waals surface area contributed by atoms with Crippen molar-refractivity contribution in [1.29, 1.82) is 0 Å². The smallest absolute Gasteiger partial charge is 0.243 e.